The second-order valence-electron chi connectivity index (χ2n) is 6.33. The van der Waals surface area contributed by atoms with Gasteiger partial charge in [0.25, 0.3) is 0 Å². The van der Waals surface area contributed by atoms with E-state index in [-0.39, 0.29) is 0 Å². The Labute approximate surface area is 107 Å². The molecule has 1 N–H and O–H groups in total. The highest BCUT2D eigenvalue weighted by molar-refractivity contribution is 4.94. The highest BCUT2D eigenvalue weighted by Crippen LogP contribution is 2.33. The highest BCUT2D eigenvalue weighted by Gasteiger charge is 2.35. The van der Waals surface area contributed by atoms with Crippen molar-refractivity contribution in [3.63, 3.8) is 0 Å². The SMILES string of the molecule is CCCC(C)N(C)CC1CC2CCCCC2N1. The van der Waals surface area contributed by atoms with E-state index in [0.29, 0.717) is 0 Å². The summed E-state index contributed by atoms with van der Waals surface area (Å²) in [5, 5.41) is 3.88. The third kappa shape index (κ3) is 3.45. The standard InChI is InChI=1S/C15H30N2/c1-4-7-12(2)17(3)11-14-10-13-8-5-6-9-15(13)16-14/h12-16H,4-11H2,1-3H3. The molecule has 0 bridgehead atoms. The maximum atomic E-state index is 3.88. The molecule has 1 heterocycles. The largest absolute Gasteiger partial charge is 0.310 e. The first-order chi connectivity index (χ1) is 8.20. The molecule has 0 amide bonds. The van der Waals surface area contributed by atoms with Crippen molar-refractivity contribution in [1.82, 2.24) is 10.2 Å². The normalized spacial score (nSPS) is 34.9. The van der Waals surface area contributed by atoms with Gasteiger partial charge in [-0.25, -0.2) is 0 Å². The molecule has 0 aromatic carbocycles. The third-order valence-corrected chi connectivity index (χ3v) is 4.91. The zero-order chi connectivity index (χ0) is 12.3. The Morgan fingerprint density at radius 1 is 1.29 bits per heavy atom. The van der Waals surface area contributed by atoms with Crippen LogP contribution in [-0.4, -0.2) is 36.6 Å². The molecule has 1 saturated heterocycles. The molecule has 4 atom stereocenters. The fourth-order valence-electron chi connectivity index (χ4n) is 3.74. The van der Waals surface area contributed by atoms with Crippen LogP contribution in [0.5, 0.6) is 0 Å². The zero-order valence-corrected chi connectivity index (χ0v) is 11.9. The average molecular weight is 238 g/mol. The number of likely N-dealkylation sites (N-methyl/N-ethyl adjacent to an activating group) is 1. The number of nitrogens with one attached hydrogen (secondary N) is 1. The van der Waals surface area contributed by atoms with E-state index >= 15 is 0 Å². The van der Waals surface area contributed by atoms with Crippen molar-refractivity contribution < 1.29 is 0 Å². The van der Waals surface area contributed by atoms with Crippen molar-refractivity contribution in [1.29, 1.82) is 0 Å². The maximum absolute atomic E-state index is 3.88. The molecule has 0 aromatic rings. The van der Waals surface area contributed by atoms with E-state index in [1.807, 2.05) is 0 Å². The van der Waals surface area contributed by atoms with Gasteiger partial charge in [-0.2, -0.15) is 0 Å². The monoisotopic (exact) mass is 238 g/mol. The van der Waals surface area contributed by atoms with E-state index < -0.39 is 0 Å². The van der Waals surface area contributed by atoms with Gasteiger partial charge in [0.15, 0.2) is 0 Å². The minimum absolute atomic E-state index is 0.740. The first-order valence-corrected chi connectivity index (χ1v) is 7.67. The number of fused-ring (bicyclic) bond motifs is 1. The molecular weight excluding hydrogens is 208 g/mol. The van der Waals surface area contributed by atoms with Gasteiger partial charge in [-0.05, 0) is 45.6 Å². The molecule has 1 aliphatic heterocycles. The molecule has 2 heteroatoms. The van der Waals surface area contributed by atoms with Crippen molar-refractivity contribution in [2.24, 2.45) is 5.92 Å². The number of rotatable bonds is 5. The summed E-state index contributed by atoms with van der Waals surface area (Å²) in [6.45, 7) is 5.90. The molecule has 0 aromatic heterocycles. The Balaban J connectivity index is 1.76. The Kier molecular flexibility index (Phi) is 4.87. The van der Waals surface area contributed by atoms with Crippen LogP contribution in [0.1, 0.15) is 58.8 Å². The first-order valence-electron chi connectivity index (χ1n) is 7.67. The van der Waals surface area contributed by atoms with Crippen molar-refractivity contribution in [2.75, 3.05) is 13.6 Å². The van der Waals surface area contributed by atoms with Gasteiger partial charge in [-0.15, -0.1) is 0 Å². The summed E-state index contributed by atoms with van der Waals surface area (Å²) in [5.41, 5.74) is 0. The summed E-state index contributed by atoms with van der Waals surface area (Å²) >= 11 is 0. The van der Waals surface area contributed by atoms with Gasteiger partial charge in [0.2, 0.25) is 0 Å². The Morgan fingerprint density at radius 2 is 2.06 bits per heavy atom. The fraction of sp³-hybridized carbons (Fsp3) is 1.00. The van der Waals surface area contributed by atoms with Crippen LogP contribution in [0.3, 0.4) is 0 Å². The first kappa shape index (κ1) is 13.4. The van der Waals surface area contributed by atoms with Gasteiger partial charge in [-0.3, -0.25) is 0 Å². The minimum Gasteiger partial charge on any atom is -0.310 e. The zero-order valence-electron chi connectivity index (χ0n) is 11.9. The van der Waals surface area contributed by atoms with E-state index in [4.69, 9.17) is 0 Å². The van der Waals surface area contributed by atoms with Crippen LogP contribution in [0.25, 0.3) is 0 Å². The molecule has 2 nitrogen and oxygen atoms in total. The summed E-state index contributed by atoms with van der Waals surface area (Å²) < 4.78 is 0. The van der Waals surface area contributed by atoms with Gasteiger partial charge in [0, 0.05) is 24.7 Å². The molecule has 1 aliphatic carbocycles. The third-order valence-electron chi connectivity index (χ3n) is 4.91. The molecule has 0 spiro atoms. The second-order valence-corrected chi connectivity index (χ2v) is 6.33. The number of nitrogens with zero attached hydrogens (tertiary/aromatic N) is 1. The van der Waals surface area contributed by atoms with Crippen molar-refractivity contribution in [3.8, 4) is 0 Å². The highest BCUT2D eigenvalue weighted by atomic mass is 15.2. The van der Waals surface area contributed by atoms with Crippen LogP contribution in [-0.2, 0) is 0 Å². The van der Waals surface area contributed by atoms with Gasteiger partial charge in [0.1, 0.15) is 0 Å². The topological polar surface area (TPSA) is 15.3 Å². The van der Waals surface area contributed by atoms with Crippen LogP contribution < -0.4 is 5.32 Å². The maximum Gasteiger partial charge on any atom is 0.0200 e. The summed E-state index contributed by atoms with van der Waals surface area (Å²) in [4.78, 5) is 2.55. The van der Waals surface area contributed by atoms with E-state index in [9.17, 15) is 0 Å². The summed E-state index contributed by atoms with van der Waals surface area (Å²) in [6, 6.07) is 2.35. The molecule has 100 valence electrons. The molecule has 2 rings (SSSR count). The van der Waals surface area contributed by atoms with Crippen LogP contribution >= 0.6 is 0 Å². The van der Waals surface area contributed by atoms with Crippen molar-refractivity contribution in [3.05, 3.63) is 0 Å². The predicted molar refractivity (Wildman–Crippen MR) is 74.3 cm³/mol. The molecule has 2 fully saturated rings. The van der Waals surface area contributed by atoms with Gasteiger partial charge in [0.05, 0.1) is 0 Å². The summed E-state index contributed by atoms with van der Waals surface area (Å²) in [5.74, 6) is 0.989. The number of hydrogen-bond acceptors (Lipinski definition) is 2. The van der Waals surface area contributed by atoms with Crippen molar-refractivity contribution >= 4 is 0 Å². The predicted octanol–water partition coefficient (Wildman–Crippen LogP) is 3.03. The average Bonchev–Trinajstić information content (AvgIpc) is 2.71. The van der Waals surface area contributed by atoms with E-state index in [1.54, 1.807) is 0 Å². The van der Waals surface area contributed by atoms with Crippen molar-refractivity contribution in [2.45, 2.75) is 76.9 Å². The number of hydrogen-bond donors (Lipinski definition) is 1. The minimum atomic E-state index is 0.740. The molecular formula is C15H30N2. The van der Waals surface area contributed by atoms with Crippen LogP contribution in [0.2, 0.25) is 0 Å². The van der Waals surface area contributed by atoms with Crippen LogP contribution in [0.4, 0.5) is 0 Å². The molecule has 4 unspecified atom stereocenters. The lowest BCUT2D eigenvalue weighted by atomic mass is 9.85. The van der Waals surface area contributed by atoms with Gasteiger partial charge < -0.3 is 10.2 Å². The second kappa shape index (κ2) is 6.19. The fourth-order valence-corrected chi connectivity index (χ4v) is 3.74. The van der Waals surface area contributed by atoms with E-state index in [0.717, 1.165) is 24.0 Å². The smallest absolute Gasteiger partial charge is 0.0200 e. The van der Waals surface area contributed by atoms with E-state index in [1.165, 1.54) is 51.5 Å². The van der Waals surface area contributed by atoms with Crippen LogP contribution in [0, 0.1) is 5.92 Å². The Hall–Kier alpha value is -0.0800. The van der Waals surface area contributed by atoms with Gasteiger partial charge >= 0.3 is 0 Å². The molecule has 2 aliphatic rings. The summed E-state index contributed by atoms with van der Waals surface area (Å²) in [6.07, 6.45) is 9.87. The lowest BCUT2D eigenvalue weighted by Gasteiger charge is -2.27. The molecule has 17 heavy (non-hydrogen) atoms. The summed E-state index contributed by atoms with van der Waals surface area (Å²) in [7, 11) is 2.30. The quantitative estimate of drug-likeness (QED) is 0.792. The lowest BCUT2D eigenvalue weighted by molar-refractivity contribution is 0.222. The lowest BCUT2D eigenvalue weighted by Crippen LogP contribution is -2.42. The Morgan fingerprint density at radius 3 is 2.76 bits per heavy atom. The van der Waals surface area contributed by atoms with E-state index in [2.05, 4.69) is 31.1 Å². The van der Waals surface area contributed by atoms with Gasteiger partial charge in [-0.1, -0.05) is 26.2 Å². The Bertz CT molecular complexity index is 215. The van der Waals surface area contributed by atoms with Crippen LogP contribution in [0.15, 0.2) is 0 Å². The molecule has 0 radical (unpaired) electrons. The molecule has 1 saturated carbocycles.